The van der Waals surface area contributed by atoms with Gasteiger partial charge in [0.15, 0.2) is 0 Å². The lowest BCUT2D eigenvalue weighted by atomic mass is 10.2. The van der Waals surface area contributed by atoms with Gasteiger partial charge in [-0.05, 0) is 19.1 Å². The number of carbonyl (C=O) groups is 1. The van der Waals surface area contributed by atoms with Crippen LogP contribution in [0.1, 0.15) is 17.1 Å². The minimum atomic E-state index is -0.0995. The summed E-state index contributed by atoms with van der Waals surface area (Å²) < 4.78 is 6.52. The van der Waals surface area contributed by atoms with Gasteiger partial charge in [-0.3, -0.25) is 4.79 Å². The molecule has 0 atom stereocenters. The van der Waals surface area contributed by atoms with Gasteiger partial charge >= 0.3 is 0 Å². The quantitative estimate of drug-likeness (QED) is 0.753. The van der Waals surface area contributed by atoms with Crippen molar-refractivity contribution in [3.63, 3.8) is 0 Å². The van der Waals surface area contributed by atoms with Crippen LogP contribution in [0.25, 0.3) is 5.65 Å². The molecule has 3 rings (SSSR count). The molecule has 108 valence electrons. The Morgan fingerprint density at radius 3 is 3.05 bits per heavy atom. The zero-order valence-corrected chi connectivity index (χ0v) is 11.6. The van der Waals surface area contributed by atoms with Gasteiger partial charge in [-0.15, -0.1) is 0 Å². The summed E-state index contributed by atoms with van der Waals surface area (Å²) in [5, 5.41) is 10.2. The highest BCUT2D eigenvalue weighted by molar-refractivity contribution is 5.78. The summed E-state index contributed by atoms with van der Waals surface area (Å²) in [6, 6.07) is 5.85. The summed E-state index contributed by atoms with van der Waals surface area (Å²) in [7, 11) is 0. The van der Waals surface area contributed by atoms with Crippen LogP contribution in [0.3, 0.4) is 0 Å². The molecule has 0 bridgehead atoms. The molecule has 1 N–H and O–H groups in total. The SMILES string of the molecule is Cc1nonc1CC(=O)NCCc1cn2ccccc2n1. The molecule has 0 unspecified atom stereocenters. The van der Waals surface area contributed by atoms with E-state index in [0.717, 1.165) is 11.3 Å². The van der Waals surface area contributed by atoms with E-state index in [4.69, 9.17) is 0 Å². The second-order valence-corrected chi connectivity index (χ2v) is 4.77. The van der Waals surface area contributed by atoms with Crippen LogP contribution in [0.4, 0.5) is 0 Å². The predicted molar refractivity (Wildman–Crippen MR) is 74.6 cm³/mol. The summed E-state index contributed by atoms with van der Waals surface area (Å²) >= 11 is 0. The lowest BCUT2D eigenvalue weighted by Crippen LogP contribution is -2.27. The van der Waals surface area contributed by atoms with Crippen molar-refractivity contribution in [1.82, 2.24) is 25.0 Å². The van der Waals surface area contributed by atoms with Gasteiger partial charge in [-0.1, -0.05) is 16.4 Å². The van der Waals surface area contributed by atoms with Gasteiger partial charge in [0.05, 0.1) is 12.1 Å². The molecule has 0 aromatic carbocycles. The van der Waals surface area contributed by atoms with E-state index in [2.05, 4.69) is 25.2 Å². The Kier molecular flexibility index (Phi) is 3.63. The fourth-order valence-corrected chi connectivity index (χ4v) is 2.06. The molecule has 21 heavy (non-hydrogen) atoms. The zero-order chi connectivity index (χ0) is 14.7. The maximum absolute atomic E-state index is 11.8. The predicted octanol–water partition coefficient (Wildman–Crippen LogP) is 0.927. The Bertz CT molecular complexity index is 728. The summed E-state index contributed by atoms with van der Waals surface area (Å²) in [4.78, 5) is 16.3. The second-order valence-electron chi connectivity index (χ2n) is 4.77. The topological polar surface area (TPSA) is 85.3 Å². The van der Waals surface area contributed by atoms with Crippen LogP contribution in [0.2, 0.25) is 0 Å². The van der Waals surface area contributed by atoms with Crippen LogP contribution in [-0.2, 0) is 17.6 Å². The first-order chi connectivity index (χ1) is 10.2. The second kappa shape index (κ2) is 5.74. The van der Waals surface area contributed by atoms with Crippen molar-refractivity contribution in [3.8, 4) is 0 Å². The number of nitrogens with one attached hydrogen (secondary N) is 1. The Hall–Kier alpha value is -2.70. The van der Waals surface area contributed by atoms with Gasteiger partial charge in [0, 0.05) is 25.4 Å². The Morgan fingerprint density at radius 2 is 2.29 bits per heavy atom. The number of amides is 1. The Morgan fingerprint density at radius 1 is 1.38 bits per heavy atom. The molecule has 0 spiro atoms. The minimum absolute atomic E-state index is 0.0995. The standard InChI is InChI=1S/C14H15N5O2/c1-10-12(18-21-17-10)8-14(20)15-6-5-11-9-19-7-3-2-4-13(19)16-11/h2-4,7,9H,5-6,8H2,1H3,(H,15,20). The molecular weight excluding hydrogens is 270 g/mol. The molecule has 0 aliphatic rings. The number of imidazole rings is 1. The van der Waals surface area contributed by atoms with Crippen molar-refractivity contribution >= 4 is 11.6 Å². The lowest BCUT2D eigenvalue weighted by molar-refractivity contribution is -0.120. The number of hydrogen-bond acceptors (Lipinski definition) is 5. The average Bonchev–Trinajstić information content (AvgIpc) is 3.05. The van der Waals surface area contributed by atoms with Crippen LogP contribution in [0, 0.1) is 6.92 Å². The molecule has 3 heterocycles. The Labute approximate surface area is 120 Å². The van der Waals surface area contributed by atoms with Crippen molar-refractivity contribution in [1.29, 1.82) is 0 Å². The number of nitrogens with zero attached hydrogens (tertiary/aromatic N) is 4. The maximum atomic E-state index is 11.8. The molecule has 0 radical (unpaired) electrons. The van der Waals surface area contributed by atoms with E-state index in [1.807, 2.05) is 35.0 Å². The first kappa shape index (κ1) is 13.3. The molecular formula is C14H15N5O2. The van der Waals surface area contributed by atoms with Crippen LogP contribution in [0.5, 0.6) is 0 Å². The number of carbonyl (C=O) groups excluding carboxylic acids is 1. The summed E-state index contributed by atoms with van der Waals surface area (Å²) in [5.74, 6) is -0.0995. The average molecular weight is 285 g/mol. The van der Waals surface area contributed by atoms with Gasteiger partial charge in [-0.2, -0.15) is 0 Å². The van der Waals surface area contributed by atoms with Gasteiger partial charge in [-0.25, -0.2) is 9.61 Å². The third kappa shape index (κ3) is 3.07. The third-order valence-corrected chi connectivity index (χ3v) is 3.19. The fraction of sp³-hybridized carbons (Fsp3) is 0.286. The van der Waals surface area contributed by atoms with E-state index >= 15 is 0 Å². The summed E-state index contributed by atoms with van der Waals surface area (Å²) in [6.07, 6.45) is 4.78. The number of aromatic nitrogens is 4. The van der Waals surface area contributed by atoms with Crippen molar-refractivity contribution in [2.75, 3.05) is 6.54 Å². The third-order valence-electron chi connectivity index (χ3n) is 3.19. The number of pyridine rings is 1. The number of hydrogen-bond donors (Lipinski definition) is 1. The van der Waals surface area contributed by atoms with Gasteiger partial charge in [0.2, 0.25) is 5.91 Å². The van der Waals surface area contributed by atoms with Crippen LogP contribution in [0.15, 0.2) is 35.2 Å². The molecule has 0 fully saturated rings. The van der Waals surface area contributed by atoms with E-state index in [0.29, 0.717) is 24.4 Å². The number of aryl methyl sites for hydroxylation is 1. The summed E-state index contributed by atoms with van der Waals surface area (Å²) in [6.45, 7) is 2.29. The van der Waals surface area contributed by atoms with Gasteiger partial charge < -0.3 is 9.72 Å². The largest absolute Gasteiger partial charge is 0.355 e. The van der Waals surface area contributed by atoms with E-state index in [9.17, 15) is 4.79 Å². The highest BCUT2D eigenvalue weighted by atomic mass is 16.6. The first-order valence-corrected chi connectivity index (χ1v) is 6.70. The highest BCUT2D eigenvalue weighted by Crippen LogP contribution is 2.05. The zero-order valence-electron chi connectivity index (χ0n) is 11.6. The fourth-order valence-electron chi connectivity index (χ4n) is 2.06. The molecule has 0 aliphatic heterocycles. The summed E-state index contributed by atoms with van der Waals surface area (Å²) in [5.41, 5.74) is 3.06. The molecule has 7 nitrogen and oxygen atoms in total. The molecule has 3 aromatic heterocycles. The van der Waals surface area contributed by atoms with Crippen molar-refractivity contribution in [2.24, 2.45) is 0 Å². The molecule has 0 saturated heterocycles. The molecule has 7 heteroatoms. The van der Waals surface area contributed by atoms with Crippen LogP contribution in [-0.4, -0.2) is 32.1 Å². The smallest absolute Gasteiger partial charge is 0.226 e. The van der Waals surface area contributed by atoms with E-state index < -0.39 is 0 Å². The molecule has 0 saturated carbocycles. The van der Waals surface area contributed by atoms with Crippen molar-refractivity contribution in [2.45, 2.75) is 19.8 Å². The van der Waals surface area contributed by atoms with Gasteiger partial charge in [0.25, 0.3) is 0 Å². The Balaban J connectivity index is 1.51. The maximum Gasteiger partial charge on any atom is 0.226 e. The van der Waals surface area contributed by atoms with Crippen molar-refractivity contribution < 1.29 is 9.42 Å². The van der Waals surface area contributed by atoms with E-state index in [1.54, 1.807) is 6.92 Å². The van der Waals surface area contributed by atoms with E-state index in [-0.39, 0.29) is 12.3 Å². The number of fused-ring (bicyclic) bond motifs is 1. The van der Waals surface area contributed by atoms with Crippen molar-refractivity contribution in [3.05, 3.63) is 47.7 Å². The lowest BCUT2D eigenvalue weighted by Gasteiger charge is -2.02. The minimum Gasteiger partial charge on any atom is -0.355 e. The molecule has 1 amide bonds. The van der Waals surface area contributed by atoms with E-state index in [1.165, 1.54) is 0 Å². The highest BCUT2D eigenvalue weighted by Gasteiger charge is 2.10. The first-order valence-electron chi connectivity index (χ1n) is 6.70. The monoisotopic (exact) mass is 285 g/mol. The molecule has 3 aromatic rings. The van der Waals surface area contributed by atoms with Gasteiger partial charge in [0.1, 0.15) is 17.0 Å². The van der Waals surface area contributed by atoms with Crippen LogP contribution >= 0.6 is 0 Å². The normalized spacial score (nSPS) is 10.9. The molecule has 0 aliphatic carbocycles. The van der Waals surface area contributed by atoms with Crippen LogP contribution < -0.4 is 5.32 Å². The number of rotatable bonds is 5.